The average molecular weight is 318 g/mol. The smallest absolute Gasteiger partial charge is 0.250 e. The summed E-state index contributed by atoms with van der Waals surface area (Å²) in [5.74, 6) is -0.209. The van der Waals surface area contributed by atoms with E-state index in [9.17, 15) is 4.79 Å². The minimum absolute atomic E-state index is 0.209. The average Bonchev–Trinajstić information content (AvgIpc) is 3.04. The molecular formula is C17H22N2O2S. The highest BCUT2D eigenvalue weighted by atomic mass is 32.1. The monoisotopic (exact) mass is 318 g/mol. The van der Waals surface area contributed by atoms with Crippen molar-refractivity contribution in [3.05, 3.63) is 42.0 Å². The summed E-state index contributed by atoms with van der Waals surface area (Å²) in [5, 5.41) is 3.21. The molecule has 1 atom stereocenters. The molecule has 5 heteroatoms. The van der Waals surface area contributed by atoms with Crippen LogP contribution in [0.1, 0.15) is 25.3 Å². The number of hydrogen-bond donors (Lipinski definition) is 1. The van der Waals surface area contributed by atoms with E-state index in [0.717, 1.165) is 38.1 Å². The minimum Gasteiger partial charge on any atom is -0.376 e. The van der Waals surface area contributed by atoms with Crippen molar-refractivity contribution in [2.45, 2.75) is 25.9 Å². The van der Waals surface area contributed by atoms with Gasteiger partial charge in [-0.05, 0) is 43.6 Å². The van der Waals surface area contributed by atoms with Crippen LogP contribution >= 0.6 is 12.2 Å². The number of nitrogens with one attached hydrogen (secondary N) is 1. The van der Waals surface area contributed by atoms with Crippen molar-refractivity contribution in [1.29, 1.82) is 0 Å². The Morgan fingerprint density at radius 3 is 2.86 bits per heavy atom. The van der Waals surface area contributed by atoms with Crippen molar-refractivity contribution in [1.82, 2.24) is 10.2 Å². The van der Waals surface area contributed by atoms with Crippen LogP contribution in [0.4, 0.5) is 0 Å². The van der Waals surface area contributed by atoms with Crippen LogP contribution in [0, 0.1) is 0 Å². The van der Waals surface area contributed by atoms with Gasteiger partial charge >= 0.3 is 0 Å². The largest absolute Gasteiger partial charge is 0.376 e. The first-order valence-electron chi connectivity index (χ1n) is 7.63. The highest BCUT2D eigenvalue weighted by molar-refractivity contribution is 7.80. The number of likely N-dealkylation sites (N-methyl/N-ethyl adjacent to an activating group) is 1. The normalized spacial score (nSPS) is 17.6. The molecule has 2 rings (SSSR count). The SMILES string of the molecule is CCN(CC1CCCO1)C(=S)NC(=O)C=Cc1ccccc1. The summed E-state index contributed by atoms with van der Waals surface area (Å²) in [7, 11) is 0. The van der Waals surface area contributed by atoms with E-state index in [1.807, 2.05) is 42.2 Å². The van der Waals surface area contributed by atoms with Crippen LogP contribution in [0.25, 0.3) is 6.08 Å². The number of hydrogen-bond acceptors (Lipinski definition) is 3. The van der Waals surface area contributed by atoms with E-state index in [1.54, 1.807) is 6.08 Å². The summed E-state index contributed by atoms with van der Waals surface area (Å²) in [6.07, 6.45) is 5.65. The molecule has 1 aliphatic rings. The molecular weight excluding hydrogens is 296 g/mol. The molecule has 118 valence electrons. The van der Waals surface area contributed by atoms with Crippen molar-refractivity contribution in [2.24, 2.45) is 0 Å². The number of ether oxygens (including phenoxy) is 1. The van der Waals surface area contributed by atoms with Gasteiger partial charge in [0.05, 0.1) is 6.10 Å². The second-order valence-corrected chi connectivity index (χ2v) is 5.60. The number of thiocarbonyl (C=S) groups is 1. The van der Waals surface area contributed by atoms with E-state index in [2.05, 4.69) is 5.32 Å². The van der Waals surface area contributed by atoms with Gasteiger partial charge in [-0.2, -0.15) is 0 Å². The number of amides is 1. The zero-order valence-corrected chi connectivity index (χ0v) is 13.6. The van der Waals surface area contributed by atoms with Crippen LogP contribution in [-0.2, 0) is 9.53 Å². The first-order chi connectivity index (χ1) is 10.7. The number of benzene rings is 1. The molecule has 0 aliphatic carbocycles. The second-order valence-electron chi connectivity index (χ2n) is 5.21. The molecule has 1 fully saturated rings. The van der Waals surface area contributed by atoms with Crippen LogP contribution in [0.5, 0.6) is 0 Å². The summed E-state index contributed by atoms with van der Waals surface area (Å²) < 4.78 is 5.62. The molecule has 0 saturated carbocycles. The van der Waals surface area contributed by atoms with Crippen LogP contribution in [0.2, 0.25) is 0 Å². The Labute approximate surface area is 137 Å². The summed E-state index contributed by atoms with van der Waals surface area (Å²) in [6, 6.07) is 9.69. The first-order valence-corrected chi connectivity index (χ1v) is 8.04. The molecule has 1 N–H and O–H groups in total. The fourth-order valence-corrected chi connectivity index (χ4v) is 2.66. The van der Waals surface area contributed by atoms with Gasteiger partial charge in [0.1, 0.15) is 0 Å². The Bertz CT molecular complexity index is 525. The van der Waals surface area contributed by atoms with Gasteiger partial charge < -0.3 is 9.64 Å². The lowest BCUT2D eigenvalue weighted by Crippen LogP contribution is -2.45. The maximum absolute atomic E-state index is 11.9. The molecule has 0 radical (unpaired) electrons. The van der Waals surface area contributed by atoms with E-state index >= 15 is 0 Å². The molecule has 22 heavy (non-hydrogen) atoms. The third-order valence-electron chi connectivity index (χ3n) is 3.57. The standard InChI is InChI=1S/C17H22N2O2S/c1-2-19(13-15-9-6-12-21-15)17(22)18-16(20)11-10-14-7-4-3-5-8-14/h3-5,7-8,10-11,15H,2,6,9,12-13H2,1H3,(H,18,20,22). The van der Waals surface area contributed by atoms with E-state index in [1.165, 1.54) is 6.08 Å². The molecule has 0 spiro atoms. The molecule has 1 aromatic carbocycles. The van der Waals surface area contributed by atoms with Crippen LogP contribution in [0.15, 0.2) is 36.4 Å². The third kappa shape index (κ3) is 5.24. The van der Waals surface area contributed by atoms with Gasteiger partial charge in [0, 0.05) is 25.8 Å². The van der Waals surface area contributed by atoms with Crippen LogP contribution < -0.4 is 5.32 Å². The predicted octanol–water partition coefficient (Wildman–Crippen LogP) is 2.60. The van der Waals surface area contributed by atoms with Gasteiger partial charge in [0.15, 0.2) is 5.11 Å². The number of nitrogens with zero attached hydrogens (tertiary/aromatic N) is 1. The highest BCUT2D eigenvalue weighted by Gasteiger charge is 2.20. The second kappa shape index (κ2) is 8.66. The summed E-state index contributed by atoms with van der Waals surface area (Å²) >= 11 is 5.32. The molecule has 1 heterocycles. The van der Waals surface area contributed by atoms with E-state index in [-0.39, 0.29) is 12.0 Å². The summed E-state index contributed by atoms with van der Waals surface area (Å²) in [6.45, 7) is 4.33. The Morgan fingerprint density at radius 2 is 2.23 bits per heavy atom. The summed E-state index contributed by atoms with van der Waals surface area (Å²) in [4.78, 5) is 13.9. The lowest BCUT2D eigenvalue weighted by Gasteiger charge is -2.26. The van der Waals surface area contributed by atoms with Gasteiger partial charge in [0.25, 0.3) is 0 Å². The van der Waals surface area contributed by atoms with Gasteiger partial charge in [-0.15, -0.1) is 0 Å². The van der Waals surface area contributed by atoms with Crippen LogP contribution in [-0.4, -0.2) is 41.7 Å². The number of carbonyl (C=O) groups excluding carboxylic acids is 1. The molecule has 1 unspecified atom stereocenters. The fourth-order valence-electron chi connectivity index (χ4n) is 2.35. The van der Waals surface area contributed by atoms with Crippen molar-refractivity contribution in [3.8, 4) is 0 Å². The zero-order chi connectivity index (χ0) is 15.8. The van der Waals surface area contributed by atoms with Crippen molar-refractivity contribution in [2.75, 3.05) is 19.7 Å². The molecule has 1 aromatic rings. The van der Waals surface area contributed by atoms with Crippen molar-refractivity contribution >= 4 is 29.3 Å². The molecule has 0 aromatic heterocycles. The molecule has 1 aliphatic heterocycles. The van der Waals surface area contributed by atoms with Crippen LogP contribution in [0.3, 0.4) is 0 Å². The Hall–Kier alpha value is -1.72. The van der Waals surface area contributed by atoms with Gasteiger partial charge in [-0.3, -0.25) is 10.1 Å². The first kappa shape index (κ1) is 16.6. The molecule has 1 amide bonds. The van der Waals surface area contributed by atoms with Crippen molar-refractivity contribution < 1.29 is 9.53 Å². The predicted molar refractivity (Wildman–Crippen MR) is 92.4 cm³/mol. The fraction of sp³-hybridized carbons (Fsp3) is 0.412. The maximum Gasteiger partial charge on any atom is 0.250 e. The maximum atomic E-state index is 11.9. The van der Waals surface area contributed by atoms with Crippen molar-refractivity contribution in [3.63, 3.8) is 0 Å². The van der Waals surface area contributed by atoms with E-state index < -0.39 is 0 Å². The molecule has 1 saturated heterocycles. The van der Waals surface area contributed by atoms with Gasteiger partial charge in [-0.25, -0.2) is 0 Å². The Morgan fingerprint density at radius 1 is 1.45 bits per heavy atom. The molecule has 4 nitrogen and oxygen atoms in total. The Kier molecular flexibility index (Phi) is 6.55. The topological polar surface area (TPSA) is 41.6 Å². The summed E-state index contributed by atoms with van der Waals surface area (Å²) in [5.41, 5.74) is 0.982. The van der Waals surface area contributed by atoms with Gasteiger partial charge in [0.2, 0.25) is 5.91 Å². The quantitative estimate of drug-likeness (QED) is 0.669. The number of carbonyl (C=O) groups is 1. The zero-order valence-electron chi connectivity index (χ0n) is 12.8. The lowest BCUT2D eigenvalue weighted by molar-refractivity contribution is -0.115. The lowest BCUT2D eigenvalue weighted by atomic mass is 10.2. The van der Waals surface area contributed by atoms with Gasteiger partial charge in [-0.1, -0.05) is 30.3 Å². The van der Waals surface area contributed by atoms with E-state index in [4.69, 9.17) is 17.0 Å². The molecule has 0 bridgehead atoms. The highest BCUT2D eigenvalue weighted by Crippen LogP contribution is 2.13. The Balaban J connectivity index is 1.83. The third-order valence-corrected chi connectivity index (χ3v) is 3.93. The minimum atomic E-state index is -0.209. The number of rotatable bonds is 5. The van der Waals surface area contributed by atoms with E-state index in [0.29, 0.717) is 5.11 Å².